The zero-order valence-corrected chi connectivity index (χ0v) is 21.8. The van der Waals surface area contributed by atoms with Crippen molar-refractivity contribution >= 4 is 23.2 Å². The first-order valence-electron chi connectivity index (χ1n) is 13.1. The summed E-state index contributed by atoms with van der Waals surface area (Å²) >= 11 is 0. The molecule has 0 bridgehead atoms. The van der Waals surface area contributed by atoms with Gasteiger partial charge in [-0.1, -0.05) is 84.9 Å². The molecular formula is C32H26N4O4. The molecule has 1 saturated carbocycles. The van der Waals surface area contributed by atoms with Gasteiger partial charge in [-0.3, -0.25) is 10.1 Å². The molecule has 8 nitrogen and oxygen atoms in total. The predicted molar refractivity (Wildman–Crippen MR) is 153 cm³/mol. The van der Waals surface area contributed by atoms with E-state index in [0.717, 1.165) is 33.3 Å². The minimum atomic E-state index is -0.739. The molecule has 1 atom stereocenters. The van der Waals surface area contributed by atoms with Gasteiger partial charge in [0.25, 0.3) is 5.91 Å². The van der Waals surface area contributed by atoms with E-state index in [9.17, 15) is 14.5 Å². The molecule has 1 aliphatic rings. The number of rotatable bonds is 7. The van der Waals surface area contributed by atoms with Gasteiger partial charge in [-0.15, -0.1) is 4.91 Å². The summed E-state index contributed by atoms with van der Waals surface area (Å²) < 4.78 is 7.38. The molecule has 1 aliphatic carbocycles. The number of nitrogens with one attached hydrogen (secondary N) is 1. The molecule has 8 heteroatoms. The van der Waals surface area contributed by atoms with Crippen LogP contribution in [0.1, 0.15) is 37.0 Å². The molecule has 1 unspecified atom stereocenters. The first kappa shape index (κ1) is 25.2. The van der Waals surface area contributed by atoms with Crippen molar-refractivity contribution in [2.24, 2.45) is 5.18 Å². The summed E-state index contributed by atoms with van der Waals surface area (Å²) in [4.78, 5) is 35.7. The minimum absolute atomic E-state index is 0.417. The normalized spacial score (nSPS) is 14.3. The maximum atomic E-state index is 12.9. The number of nitroso groups, excluding NO2 is 1. The number of hydrogen-bond donors (Lipinski definition) is 1. The largest absolute Gasteiger partial charge is 0.441 e. The SMILES string of the molecule is CC(OC(=O)Nc1c(-c2ccc(-c3ccc(C4(C(=O)N=O)CC4)cc3)cc2)nn2ccccc12)c1ccccc1. The van der Waals surface area contributed by atoms with Crippen LogP contribution in [0.4, 0.5) is 10.5 Å². The molecule has 3 aromatic carbocycles. The van der Waals surface area contributed by atoms with Crippen LogP contribution in [0.25, 0.3) is 27.9 Å². The molecule has 2 amide bonds. The average Bonchev–Trinajstić information content (AvgIpc) is 3.74. The van der Waals surface area contributed by atoms with E-state index in [2.05, 4.69) is 10.5 Å². The van der Waals surface area contributed by atoms with Crippen molar-refractivity contribution in [2.45, 2.75) is 31.3 Å². The molecule has 0 spiro atoms. The first-order chi connectivity index (χ1) is 19.5. The highest BCUT2D eigenvalue weighted by atomic mass is 16.6. The standard InChI is InChI=1S/C32H26N4O4/c1-21(22-7-3-2-4-8-22)40-31(38)33-29-27-9-5-6-20-36(27)34-28(29)25-12-10-23(11-13-25)24-14-16-26(17-15-24)32(18-19-32)30(37)35-39/h2-17,20-21H,18-19H2,1H3,(H,33,38). The van der Waals surface area contributed by atoms with Crippen LogP contribution in [0.2, 0.25) is 0 Å². The molecule has 0 radical (unpaired) electrons. The maximum Gasteiger partial charge on any atom is 0.412 e. The third kappa shape index (κ3) is 4.64. The fraction of sp³-hybridized carbons (Fsp3) is 0.156. The zero-order chi connectivity index (χ0) is 27.7. The molecule has 0 saturated heterocycles. The number of carbonyl (C=O) groups is 2. The Morgan fingerprint density at radius 2 is 1.50 bits per heavy atom. The van der Waals surface area contributed by atoms with Crippen LogP contribution in [0.5, 0.6) is 0 Å². The van der Waals surface area contributed by atoms with Crippen LogP contribution in [-0.2, 0) is 14.9 Å². The molecule has 6 rings (SSSR count). The van der Waals surface area contributed by atoms with Crippen molar-refractivity contribution in [2.75, 3.05) is 5.32 Å². The summed E-state index contributed by atoms with van der Waals surface area (Å²) in [6.07, 6.45) is 2.15. The van der Waals surface area contributed by atoms with Gasteiger partial charge in [0.1, 0.15) is 11.8 Å². The van der Waals surface area contributed by atoms with Crippen LogP contribution >= 0.6 is 0 Å². The van der Waals surface area contributed by atoms with Gasteiger partial charge in [0.15, 0.2) is 0 Å². The van der Waals surface area contributed by atoms with Crippen LogP contribution in [-0.4, -0.2) is 21.6 Å². The van der Waals surface area contributed by atoms with E-state index in [4.69, 9.17) is 9.84 Å². The summed E-state index contributed by atoms with van der Waals surface area (Å²) in [5, 5.41) is 10.3. The molecule has 2 aromatic heterocycles. The number of nitrogens with zero attached hydrogens (tertiary/aromatic N) is 3. The number of aromatic nitrogens is 2. The van der Waals surface area contributed by atoms with Crippen molar-refractivity contribution in [1.29, 1.82) is 0 Å². The van der Waals surface area contributed by atoms with E-state index in [1.54, 1.807) is 4.52 Å². The Hall–Kier alpha value is -5.11. The summed E-state index contributed by atoms with van der Waals surface area (Å²) in [5.41, 5.74) is 5.70. The van der Waals surface area contributed by atoms with Crippen molar-refractivity contribution in [3.8, 4) is 22.4 Å². The van der Waals surface area contributed by atoms with Crippen LogP contribution in [0.15, 0.2) is 108 Å². The Balaban J connectivity index is 1.25. The lowest BCUT2D eigenvalue weighted by molar-refractivity contribution is -0.120. The van der Waals surface area contributed by atoms with Crippen LogP contribution < -0.4 is 5.32 Å². The van der Waals surface area contributed by atoms with Gasteiger partial charge in [-0.05, 0) is 54.2 Å². The third-order valence-corrected chi connectivity index (χ3v) is 7.49. The number of amides is 2. The van der Waals surface area contributed by atoms with Gasteiger partial charge in [-0.25, -0.2) is 9.31 Å². The summed E-state index contributed by atoms with van der Waals surface area (Å²) in [6, 6.07) is 30.8. The Morgan fingerprint density at radius 1 is 0.875 bits per heavy atom. The number of pyridine rings is 1. The molecule has 1 fully saturated rings. The molecular weight excluding hydrogens is 504 g/mol. The van der Waals surface area contributed by atoms with Gasteiger partial charge in [-0.2, -0.15) is 5.10 Å². The highest BCUT2D eigenvalue weighted by Gasteiger charge is 2.52. The number of fused-ring (bicyclic) bond motifs is 1. The lowest BCUT2D eigenvalue weighted by Crippen LogP contribution is -2.17. The number of carbonyl (C=O) groups excluding carboxylic acids is 2. The van der Waals surface area contributed by atoms with E-state index in [1.807, 2.05) is 110 Å². The molecule has 2 heterocycles. The fourth-order valence-corrected chi connectivity index (χ4v) is 5.05. The Morgan fingerprint density at radius 3 is 2.15 bits per heavy atom. The van der Waals surface area contributed by atoms with Gasteiger partial charge < -0.3 is 4.74 Å². The van der Waals surface area contributed by atoms with E-state index in [0.29, 0.717) is 24.2 Å². The van der Waals surface area contributed by atoms with Crippen molar-refractivity contribution < 1.29 is 14.3 Å². The Kier molecular flexibility index (Phi) is 6.43. The molecule has 1 N–H and O–H groups in total. The zero-order valence-electron chi connectivity index (χ0n) is 21.8. The highest BCUT2D eigenvalue weighted by Crippen LogP contribution is 2.49. The highest BCUT2D eigenvalue weighted by molar-refractivity contribution is 5.98. The predicted octanol–water partition coefficient (Wildman–Crippen LogP) is 7.30. The van der Waals surface area contributed by atoms with E-state index < -0.39 is 23.5 Å². The second-order valence-corrected chi connectivity index (χ2v) is 9.97. The number of ether oxygens (including phenoxy) is 1. The topological polar surface area (TPSA) is 102 Å². The number of anilines is 1. The summed E-state index contributed by atoms with van der Waals surface area (Å²) in [7, 11) is 0. The fourth-order valence-electron chi connectivity index (χ4n) is 5.05. The van der Waals surface area contributed by atoms with Crippen molar-refractivity contribution in [3.63, 3.8) is 0 Å². The van der Waals surface area contributed by atoms with Gasteiger partial charge in [0, 0.05) is 16.9 Å². The summed E-state index contributed by atoms with van der Waals surface area (Å²) in [5.74, 6) is -0.597. The number of benzene rings is 3. The monoisotopic (exact) mass is 530 g/mol. The van der Waals surface area contributed by atoms with Gasteiger partial charge >= 0.3 is 6.09 Å². The molecule has 0 aliphatic heterocycles. The molecule has 198 valence electrons. The van der Waals surface area contributed by atoms with Gasteiger partial charge in [0.05, 0.1) is 16.6 Å². The Bertz CT molecular complexity index is 1710. The smallest absolute Gasteiger partial charge is 0.412 e. The average molecular weight is 531 g/mol. The van der Waals surface area contributed by atoms with E-state index in [1.165, 1.54) is 0 Å². The molecule has 5 aromatic rings. The van der Waals surface area contributed by atoms with Crippen LogP contribution in [0, 0.1) is 4.91 Å². The summed E-state index contributed by atoms with van der Waals surface area (Å²) in [6.45, 7) is 1.83. The van der Waals surface area contributed by atoms with Crippen molar-refractivity contribution in [1.82, 2.24) is 9.61 Å². The minimum Gasteiger partial charge on any atom is -0.441 e. The van der Waals surface area contributed by atoms with Gasteiger partial charge in [0.2, 0.25) is 0 Å². The molecule has 40 heavy (non-hydrogen) atoms. The van der Waals surface area contributed by atoms with E-state index >= 15 is 0 Å². The lowest BCUT2D eigenvalue weighted by atomic mass is 9.93. The van der Waals surface area contributed by atoms with E-state index in [-0.39, 0.29) is 0 Å². The van der Waals surface area contributed by atoms with Crippen LogP contribution in [0.3, 0.4) is 0 Å². The number of hydrogen-bond acceptors (Lipinski definition) is 5. The van der Waals surface area contributed by atoms with Crippen molar-refractivity contribution in [3.05, 3.63) is 119 Å². The quantitative estimate of drug-likeness (QED) is 0.222. The second kappa shape index (κ2) is 10.2. The Labute approximate surface area is 230 Å². The lowest BCUT2D eigenvalue weighted by Gasteiger charge is -2.14. The maximum absolute atomic E-state index is 12.9. The first-order valence-corrected chi connectivity index (χ1v) is 13.1. The third-order valence-electron chi connectivity index (χ3n) is 7.49. The second-order valence-electron chi connectivity index (χ2n) is 9.97.